The number of nitrogens with zero attached hydrogens (tertiary/aromatic N) is 1. The van der Waals surface area contributed by atoms with Gasteiger partial charge in [0.2, 0.25) is 5.91 Å². The second-order valence-corrected chi connectivity index (χ2v) is 6.18. The molecule has 0 fully saturated rings. The number of aromatic nitrogens is 1. The molecule has 0 saturated heterocycles. The molecule has 2 aromatic rings. The molecule has 1 amide bonds. The molecule has 3 heteroatoms. The van der Waals surface area contributed by atoms with E-state index in [0.29, 0.717) is 6.42 Å². The maximum atomic E-state index is 11.6. The largest absolute Gasteiger partial charge is 0.325 e. The zero-order chi connectivity index (χ0) is 13.6. The van der Waals surface area contributed by atoms with Crippen LogP contribution < -0.4 is 5.32 Å². The Bertz CT molecular complexity index is 668. The van der Waals surface area contributed by atoms with Gasteiger partial charge in [0.1, 0.15) is 0 Å². The summed E-state index contributed by atoms with van der Waals surface area (Å²) in [6.07, 6.45) is 5.09. The van der Waals surface area contributed by atoms with Crippen LogP contribution in [0.1, 0.15) is 38.3 Å². The van der Waals surface area contributed by atoms with Crippen molar-refractivity contribution in [3.63, 3.8) is 0 Å². The Hall–Kier alpha value is -1.90. The van der Waals surface area contributed by atoms with Crippen LogP contribution in [-0.2, 0) is 16.6 Å². The number of hydrogen-bond acceptors (Lipinski definition) is 2. The summed E-state index contributed by atoms with van der Waals surface area (Å²) in [5.74, 6) is 0.106. The van der Waals surface area contributed by atoms with Gasteiger partial charge in [-0.15, -0.1) is 0 Å². The average Bonchev–Trinajstić information content (AvgIpc) is 2.37. The van der Waals surface area contributed by atoms with E-state index in [1.54, 1.807) is 6.20 Å². The lowest BCUT2D eigenvalue weighted by atomic mass is 9.81. The molecule has 3 rings (SSSR count). The second kappa shape index (κ2) is 4.05. The normalized spacial score (nSPS) is 15.2. The molecule has 0 aliphatic carbocycles. The maximum absolute atomic E-state index is 11.6. The fourth-order valence-electron chi connectivity index (χ4n) is 2.74. The minimum Gasteiger partial charge on any atom is -0.325 e. The fraction of sp³-hybridized carbons (Fsp3) is 0.375. The van der Waals surface area contributed by atoms with Gasteiger partial charge in [-0.1, -0.05) is 26.8 Å². The molecule has 3 nitrogen and oxygen atoms in total. The van der Waals surface area contributed by atoms with Crippen molar-refractivity contribution in [2.75, 3.05) is 5.32 Å². The van der Waals surface area contributed by atoms with E-state index < -0.39 is 0 Å². The van der Waals surface area contributed by atoms with Gasteiger partial charge in [-0.3, -0.25) is 9.78 Å². The second-order valence-electron chi connectivity index (χ2n) is 6.18. The molecule has 0 saturated carbocycles. The highest BCUT2D eigenvalue weighted by Crippen LogP contribution is 2.38. The van der Waals surface area contributed by atoms with Gasteiger partial charge in [0, 0.05) is 29.6 Å². The Labute approximate surface area is 113 Å². The van der Waals surface area contributed by atoms with E-state index in [-0.39, 0.29) is 11.3 Å². The standard InChI is InChI=1S/C16H18N2O/c1-16(2,3)13-8-10-4-5-14(19)18-15(10)11-6-7-17-9-12(11)13/h6-9H,4-5H2,1-3H3,(H,18,19). The van der Waals surface area contributed by atoms with Gasteiger partial charge < -0.3 is 5.32 Å². The topological polar surface area (TPSA) is 42.0 Å². The van der Waals surface area contributed by atoms with Gasteiger partial charge >= 0.3 is 0 Å². The van der Waals surface area contributed by atoms with Gasteiger partial charge in [0.15, 0.2) is 0 Å². The predicted octanol–water partition coefficient (Wildman–Crippen LogP) is 3.42. The van der Waals surface area contributed by atoms with E-state index in [0.717, 1.165) is 22.9 Å². The zero-order valence-electron chi connectivity index (χ0n) is 11.6. The van der Waals surface area contributed by atoms with E-state index in [9.17, 15) is 4.79 Å². The summed E-state index contributed by atoms with van der Waals surface area (Å²) in [4.78, 5) is 15.9. The molecule has 0 spiro atoms. The lowest BCUT2D eigenvalue weighted by Gasteiger charge is -2.26. The van der Waals surface area contributed by atoms with Crippen LogP contribution in [0.5, 0.6) is 0 Å². The molecule has 98 valence electrons. The molecule has 2 heterocycles. The smallest absolute Gasteiger partial charge is 0.224 e. The molecule has 1 N–H and O–H groups in total. The Balaban J connectivity index is 2.36. The Morgan fingerprint density at radius 1 is 1.21 bits per heavy atom. The lowest BCUT2D eigenvalue weighted by Crippen LogP contribution is -2.21. The van der Waals surface area contributed by atoms with Crippen molar-refractivity contribution in [2.45, 2.75) is 39.0 Å². The first-order valence-electron chi connectivity index (χ1n) is 6.67. The summed E-state index contributed by atoms with van der Waals surface area (Å²) in [5, 5.41) is 5.25. The maximum Gasteiger partial charge on any atom is 0.224 e. The number of pyridine rings is 1. The van der Waals surface area contributed by atoms with Crippen molar-refractivity contribution in [3.8, 4) is 0 Å². The average molecular weight is 254 g/mol. The van der Waals surface area contributed by atoms with Crippen molar-refractivity contribution in [1.82, 2.24) is 4.98 Å². The van der Waals surface area contributed by atoms with Crippen LogP contribution in [-0.4, -0.2) is 10.9 Å². The Morgan fingerprint density at radius 3 is 2.74 bits per heavy atom. The van der Waals surface area contributed by atoms with E-state index >= 15 is 0 Å². The molecule has 0 atom stereocenters. The molecule has 0 bridgehead atoms. The van der Waals surface area contributed by atoms with Gasteiger partial charge in [-0.25, -0.2) is 0 Å². The fourth-order valence-corrected chi connectivity index (χ4v) is 2.74. The number of aryl methyl sites for hydroxylation is 1. The van der Waals surface area contributed by atoms with Crippen LogP contribution in [0, 0.1) is 0 Å². The third-order valence-corrected chi connectivity index (χ3v) is 3.71. The summed E-state index contributed by atoms with van der Waals surface area (Å²) in [6.45, 7) is 6.63. The number of carbonyl (C=O) groups is 1. The van der Waals surface area contributed by atoms with E-state index in [1.807, 2.05) is 12.3 Å². The summed E-state index contributed by atoms with van der Waals surface area (Å²) < 4.78 is 0. The zero-order valence-corrected chi connectivity index (χ0v) is 11.6. The number of hydrogen-bond donors (Lipinski definition) is 1. The molecule has 1 aromatic heterocycles. The minimum absolute atomic E-state index is 0.0672. The third-order valence-electron chi connectivity index (χ3n) is 3.71. The van der Waals surface area contributed by atoms with Crippen molar-refractivity contribution in [1.29, 1.82) is 0 Å². The van der Waals surface area contributed by atoms with E-state index in [4.69, 9.17) is 0 Å². The lowest BCUT2D eigenvalue weighted by molar-refractivity contribution is -0.116. The number of carbonyl (C=O) groups excluding carboxylic acids is 1. The number of anilines is 1. The third kappa shape index (κ3) is 1.99. The summed E-state index contributed by atoms with van der Waals surface area (Å²) in [7, 11) is 0. The Kier molecular flexibility index (Phi) is 2.59. The number of amides is 1. The number of fused-ring (bicyclic) bond motifs is 3. The molecular weight excluding hydrogens is 236 g/mol. The molecular formula is C16H18N2O. The van der Waals surface area contributed by atoms with Crippen LogP contribution in [0.4, 0.5) is 5.69 Å². The summed E-state index contributed by atoms with van der Waals surface area (Å²) in [5.41, 5.74) is 3.58. The monoisotopic (exact) mass is 254 g/mol. The molecule has 19 heavy (non-hydrogen) atoms. The Morgan fingerprint density at radius 2 is 2.00 bits per heavy atom. The van der Waals surface area contributed by atoms with E-state index in [2.05, 4.69) is 37.1 Å². The van der Waals surface area contributed by atoms with Crippen LogP contribution in [0.3, 0.4) is 0 Å². The van der Waals surface area contributed by atoms with Crippen molar-refractivity contribution in [3.05, 3.63) is 35.7 Å². The highest BCUT2D eigenvalue weighted by atomic mass is 16.1. The summed E-state index contributed by atoms with van der Waals surface area (Å²) in [6, 6.07) is 4.23. The summed E-state index contributed by atoms with van der Waals surface area (Å²) >= 11 is 0. The van der Waals surface area contributed by atoms with Crippen LogP contribution >= 0.6 is 0 Å². The predicted molar refractivity (Wildman–Crippen MR) is 77.4 cm³/mol. The number of benzene rings is 1. The molecule has 0 unspecified atom stereocenters. The highest BCUT2D eigenvalue weighted by Gasteiger charge is 2.23. The quantitative estimate of drug-likeness (QED) is 0.782. The first-order chi connectivity index (χ1) is 8.97. The van der Waals surface area contributed by atoms with Crippen molar-refractivity contribution in [2.24, 2.45) is 0 Å². The molecule has 1 aliphatic heterocycles. The minimum atomic E-state index is 0.0672. The van der Waals surface area contributed by atoms with Gasteiger partial charge in [0.05, 0.1) is 5.69 Å². The molecule has 0 radical (unpaired) electrons. The first kappa shape index (κ1) is 12.2. The highest BCUT2D eigenvalue weighted by molar-refractivity contribution is 6.06. The van der Waals surface area contributed by atoms with E-state index in [1.165, 1.54) is 11.1 Å². The molecule has 1 aliphatic rings. The van der Waals surface area contributed by atoms with Gasteiger partial charge in [-0.2, -0.15) is 0 Å². The number of nitrogens with one attached hydrogen (secondary N) is 1. The van der Waals surface area contributed by atoms with Crippen LogP contribution in [0.25, 0.3) is 10.8 Å². The van der Waals surface area contributed by atoms with Crippen LogP contribution in [0.15, 0.2) is 24.5 Å². The number of rotatable bonds is 0. The van der Waals surface area contributed by atoms with Gasteiger partial charge in [0.25, 0.3) is 0 Å². The van der Waals surface area contributed by atoms with Gasteiger partial charge in [-0.05, 0) is 29.0 Å². The first-order valence-corrected chi connectivity index (χ1v) is 6.67. The van der Waals surface area contributed by atoms with Crippen LogP contribution in [0.2, 0.25) is 0 Å². The molecule has 1 aromatic carbocycles. The van der Waals surface area contributed by atoms with Crippen molar-refractivity contribution < 1.29 is 4.79 Å². The van der Waals surface area contributed by atoms with Crippen molar-refractivity contribution >= 4 is 22.4 Å². The SMILES string of the molecule is CC(C)(C)c1cc2c(c3ccncc13)NC(=O)CC2.